The number of methoxy groups -OCH3 is 1. The SMILES string of the molecule is COc1ccc(NC(=O)N2CCC(c3noc(COc4ccc(C)cc4)n3)C2)c(C)c1. The van der Waals surface area contributed by atoms with Crippen molar-refractivity contribution in [2.75, 3.05) is 25.5 Å². The number of carbonyl (C=O) groups is 1. The summed E-state index contributed by atoms with van der Waals surface area (Å²) in [5.41, 5.74) is 2.88. The van der Waals surface area contributed by atoms with E-state index in [0.29, 0.717) is 24.8 Å². The number of likely N-dealkylation sites (tertiary alicyclic amines) is 1. The number of anilines is 1. The molecule has 3 aromatic rings. The van der Waals surface area contributed by atoms with Gasteiger partial charge in [-0.3, -0.25) is 0 Å². The molecule has 2 amide bonds. The van der Waals surface area contributed by atoms with Crippen LogP contribution in [0.2, 0.25) is 0 Å². The van der Waals surface area contributed by atoms with Crippen molar-refractivity contribution >= 4 is 11.7 Å². The fraction of sp³-hybridized carbons (Fsp3) is 0.348. The van der Waals surface area contributed by atoms with Crippen LogP contribution in [0.5, 0.6) is 11.5 Å². The molecule has 2 heterocycles. The van der Waals surface area contributed by atoms with Crippen molar-refractivity contribution in [1.29, 1.82) is 0 Å². The van der Waals surface area contributed by atoms with Crippen molar-refractivity contribution in [3.05, 3.63) is 65.3 Å². The lowest BCUT2D eigenvalue weighted by atomic mass is 10.1. The highest BCUT2D eigenvalue weighted by Crippen LogP contribution is 2.27. The molecule has 2 aromatic carbocycles. The molecule has 8 heteroatoms. The Balaban J connectivity index is 1.31. The van der Waals surface area contributed by atoms with Gasteiger partial charge in [0.05, 0.1) is 7.11 Å². The zero-order chi connectivity index (χ0) is 21.8. The summed E-state index contributed by atoms with van der Waals surface area (Å²) in [7, 11) is 1.62. The highest BCUT2D eigenvalue weighted by molar-refractivity contribution is 5.90. The lowest BCUT2D eigenvalue weighted by Gasteiger charge is -2.18. The summed E-state index contributed by atoms with van der Waals surface area (Å²) in [5.74, 6) is 2.59. The second kappa shape index (κ2) is 9.07. The second-order valence-corrected chi connectivity index (χ2v) is 7.69. The van der Waals surface area contributed by atoms with Gasteiger partial charge in [-0.15, -0.1) is 0 Å². The normalized spacial score (nSPS) is 15.7. The molecule has 0 spiro atoms. The van der Waals surface area contributed by atoms with Crippen LogP contribution >= 0.6 is 0 Å². The van der Waals surface area contributed by atoms with E-state index in [2.05, 4.69) is 15.5 Å². The molecule has 0 saturated carbocycles. The van der Waals surface area contributed by atoms with E-state index >= 15 is 0 Å². The molecule has 1 aliphatic rings. The van der Waals surface area contributed by atoms with Gasteiger partial charge in [-0.1, -0.05) is 22.9 Å². The Morgan fingerprint density at radius 2 is 1.97 bits per heavy atom. The summed E-state index contributed by atoms with van der Waals surface area (Å²) in [4.78, 5) is 18.9. The predicted octanol–water partition coefficient (Wildman–Crippen LogP) is 4.30. The van der Waals surface area contributed by atoms with Crippen molar-refractivity contribution in [2.24, 2.45) is 0 Å². The number of carbonyl (C=O) groups excluding carboxylic acids is 1. The Kier molecular flexibility index (Phi) is 6.06. The number of rotatable bonds is 6. The topological polar surface area (TPSA) is 89.7 Å². The zero-order valence-corrected chi connectivity index (χ0v) is 17.9. The first-order chi connectivity index (χ1) is 15.0. The number of nitrogens with one attached hydrogen (secondary N) is 1. The van der Waals surface area contributed by atoms with Crippen LogP contribution in [0.1, 0.15) is 35.2 Å². The summed E-state index contributed by atoms with van der Waals surface area (Å²) in [6.07, 6.45) is 0.785. The maximum absolute atomic E-state index is 12.7. The average molecular weight is 422 g/mol. The number of aromatic nitrogens is 2. The van der Waals surface area contributed by atoms with Crippen molar-refractivity contribution < 1.29 is 18.8 Å². The molecule has 1 aliphatic heterocycles. The minimum absolute atomic E-state index is 0.0413. The van der Waals surface area contributed by atoms with Crippen LogP contribution in [0.25, 0.3) is 0 Å². The third-order valence-electron chi connectivity index (χ3n) is 5.38. The number of nitrogens with zero attached hydrogens (tertiary/aromatic N) is 3. The quantitative estimate of drug-likeness (QED) is 0.637. The van der Waals surface area contributed by atoms with Gasteiger partial charge in [-0.25, -0.2) is 4.79 Å². The van der Waals surface area contributed by atoms with E-state index < -0.39 is 0 Å². The van der Waals surface area contributed by atoms with Crippen LogP contribution in [0, 0.1) is 13.8 Å². The Bertz CT molecular complexity index is 1050. The molecule has 31 heavy (non-hydrogen) atoms. The van der Waals surface area contributed by atoms with E-state index in [1.165, 1.54) is 5.56 Å². The van der Waals surface area contributed by atoms with E-state index in [0.717, 1.165) is 29.2 Å². The molecule has 1 saturated heterocycles. The van der Waals surface area contributed by atoms with Crippen LogP contribution < -0.4 is 14.8 Å². The summed E-state index contributed by atoms with van der Waals surface area (Å²) in [6.45, 7) is 5.35. The third kappa shape index (κ3) is 4.96. The fourth-order valence-corrected chi connectivity index (χ4v) is 3.53. The summed E-state index contributed by atoms with van der Waals surface area (Å²) >= 11 is 0. The van der Waals surface area contributed by atoms with Crippen molar-refractivity contribution in [3.8, 4) is 11.5 Å². The first-order valence-electron chi connectivity index (χ1n) is 10.2. The van der Waals surface area contributed by atoms with Crippen LogP contribution in [-0.4, -0.2) is 41.3 Å². The molecule has 0 radical (unpaired) electrons. The van der Waals surface area contributed by atoms with E-state index in [1.54, 1.807) is 12.0 Å². The van der Waals surface area contributed by atoms with Gasteiger partial charge in [0.2, 0.25) is 0 Å². The van der Waals surface area contributed by atoms with Crippen molar-refractivity contribution in [3.63, 3.8) is 0 Å². The van der Waals surface area contributed by atoms with Gasteiger partial charge >= 0.3 is 6.03 Å². The zero-order valence-electron chi connectivity index (χ0n) is 17.9. The molecule has 1 N–H and O–H groups in total. The number of aryl methyl sites for hydroxylation is 2. The van der Waals surface area contributed by atoms with E-state index in [4.69, 9.17) is 14.0 Å². The largest absolute Gasteiger partial charge is 0.497 e. The van der Waals surface area contributed by atoms with Gasteiger partial charge < -0.3 is 24.2 Å². The smallest absolute Gasteiger partial charge is 0.321 e. The molecule has 1 aromatic heterocycles. The Hall–Kier alpha value is -3.55. The van der Waals surface area contributed by atoms with E-state index in [1.807, 2.05) is 56.3 Å². The van der Waals surface area contributed by atoms with Gasteiger partial charge in [0.25, 0.3) is 5.89 Å². The second-order valence-electron chi connectivity index (χ2n) is 7.69. The Labute approximate surface area is 181 Å². The maximum atomic E-state index is 12.7. The number of ether oxygens (including phenoxy) is 2. The molecule has 0 bridgehead atoms. The lowest BCUT2D eigenvalue weighted by Crippen LogP contribution is -2.33. The number of hydrogen-bond acceptors (Lipinski definition) is 6. The standard InChI is InChI=1S/C23H26N4O4/c1-15-4-6-18(7-5-15)30-14-21-25-22(26-31-21)17-10-11-27(13-17)23(28)24-20-9-8-19(29-3)12-16(20)2/h4-9,12,17H,10-11,13-14H2,1-3H3,(H,24,28). The summed E-state index contributed by atoms with van der Waals surface area (Å²) < 4.78 is 16.2. The molecule has 8 nitrogen and oxygen atoms in total. The molecule has 1 fully saturated rings. The number of amides is 2. The van der Waals surface area contributed by atoms with Gasteiger partial charge in [0, 0.05) is 24.7 Å². The maximum Gasteiger partial charge on any atom is 0.321 e. The Morgan fingerprint density at radius 1 is 1.19 bits per heavy atom. The molecule has 0 aliphatic carbocycles. The van der Waals surface area contributed by atoms with Gasteiger partial charge in [0.1, 0.15) is 11.5 Å². The third-order valence-corrected chi connectivity index (χ3v) is 5.38. The van der Waals surface area contributed by atoms with Crippen LogP contribution in [-0.2, 0) is 6.61 Å². The highest BCUT2D eigenvalue weighted by atomic mass is 16.5. The summed E-state index contributed by atoms with van der Waals surface area (Å²) in [6, 6.07) is 13.2. The lowest BCUT2D eigenvalue weighted by molar-refractivity contribution is 0.221. The molecule has 4 rings (SSSR count). The monoisotopic (exact) mass is 422 g/mol. The highest BCUT2D eigenvalue weighted by Gasteiger charge is 2.30. The van der Waals surface area contributed by atoms with Crippen LogP contribution in [0.15, 0.2) is 47.0 Å². The first-order valence-corrected chi connectivity index (χ1v) is 10.2. The summed E-state index contributed by atoms with van der Waals surface area (Å²) in [5, 5.41) is 7.07. The van der Waals surface area contributed by atoms with Crippen LogP contribution in [0.3, 0.4) is 0 Å². The number of urea groups is 1. The van der Waals surface area contributed by atoms with Crippen molar-refractivity contribution in [1.82, 2.24) is 15.0 Å². The number of benzene rings is 2. The minimum Gasteiger partial charge on any atom is -0.497 e. The average Bonchev–Trinajstić information content (AvgIpc) is 3.44. The van der Waals surface area contributed by atoms with Gasteiger partial charge in [0.15, 0.2) is 12.4 Å². The molecule has 1 atom stereocenters. The van der Waals surface area contributed by atoms with E-state index in [9.17, 15) is 4.79 Å². The molecular formula is C23H26N4O4. The predicted molar refractivity (Wildman–Crippen MR) is 115 cm³/mol. The van der Waals surface area contributed by atoms with Crippen molar-refractivity contribution in [2.45, 2.75) is 32.8 Å². The minimum atomic E-state index is -0.137. The fourth-order valence-electron chi connectivity index (χ4n) is 3.53. The van der Waals surface area contributed by atoms with Gasteiger partial charge in [-0.2, -0.15) is 4.98 Å². The number of hydrogen-bond donors (Lipinski definition) is 1. The van der Waals surface area contributed by atoms with Gasteiger partial charge in [-0.05, 0) is 56.2 Å². The van der Waals surface area contributed by atoms with E-state index in [-0.39, 0.29) is 18.6 Å². The molecular weight excluding hydrogens is 396 g/mol. The first kappa shape index (κ1) is 20.7. The molecule has 162 valence electrons. The molecule has 1 unspecified atom stereocenters. The van der Waals surface area contributed by atoms with Crippen LogP contribution in [0.4, 0.5) is 10.5 Å². The Morgan fingerprint density at radius 3 is 2.71 bits per heavy atom.